The first-order valence-corrected chi connectivity index (χ1v) is 39.8. The minimum atomic E-state index is -1.39. The fourth-order valence-corrected chi connectivity index (χ4v) is 230. The molecule has 0 unspecified atom stereocenters. The molecule has 3 aliphatic rings. The predicted octanol–water partition coefficient (Wildman–Crippen LogP) is 7.89. The summed E-state index contributed by atoms with van der Waals surface area (Å²) in [5.74, 6) is 0. The van der Waals surface area contributed by atoms with Gasteiger partial charge in [-0.05, 0) is 0 Å². The van der Waals surface area contributed by atoms with E-state index in [0.29, 0.717) is 0 Å². The minimum Gasteiger partial charge on any atom is -0.0715 e. The van der Waals surface area contributed by atoms with Crippen molar-refractivity contribution in [1.29, 1.82) is 0 Å². The number of rotatable bonds is 2. The second-order valence-corrected chi connectivity index (χ2v) is 78.8. The van der Waals surface area contributed by atoms with Gasteiger partial charge in [0.05, 0.1) is 0 Å². The van der Waals surface area contributed by atoms with E-state index in [1.807, 2.05) is 0 Å². The van der Waals surface area contributed by atoms with E-state index in [1.54, 1.807) is 0 Å². The van der Waals surface area contributed by atoms with Crippen molar-refractivity contribution in [3.8, 4) is 0 Å². The second-order valence-electron chi connectivity index (χ2n) is 15.8. The zero-order valence-corrected chi connectivity index (χ0v) is 31.0. The molecule has 0 aromatic rings. The lowest BCUT2D eigenvalue weighted by atomic mass is 11.6. The zero-order chi connectivity index (χ0) is 23.0. The highest BCUT2D eigenvalue weighted by Gasteiger charge is 2.95. The molecule has 0 spiro atoms. The summed E-state index contributed by atoms with van der Waals surface area (Å²) in [4.78, 5) is 0. The highest BCUT2D eigenvalue weighted by molar-refractivity contribution is 7.83. The van der Waals surface area contributed by atoms with Gasteiger partial charge < -0.3 is 0 Å². The van der Waals surface area contributed by atoms with Crippen molar-refractivity contribution in [3.05, 3.63) is 0 Å². The van der Waals surface area contributed by atoms with Crippen molar-refractivity contribution < 1.29 is 0 Å². The Morgan fingerprint density at radius 1 is 0.321 bits per heavy atom. The third kappa shape index (κ3) is 1.95. The van der Waals surface area contributed by atoms with Crippen LogP contribution >= 0.6 is 0 Å². The van der Waals surface area contributed by atoms with Crippen LogP contribution in [0.3, 0.4) is 0 Å². The van der Waals surface area contributed by atoms with Gasteiger partial charge in [0.2, 0.25) is 0 Å². The molecule has 0 aliphatic carbocycles. The third-order valence-electron chi connectivity index (χ3n) is 12.6. The van der Waals surface area contributed by atoms with Gasteiger partial charge in [-0.25, -0.2) is 0 Å². The Bertz CT molecular complexity index is 554. The molecule has 0 nitrogen and oxygen atoms in total. The van der Waals surface area contributed by atoms with Crippen LogP contribution in [0.4, 0.5) is 0 Å². The standard InChI is InChI=1S/C20H54Si8/c1-21(2,3)19-23(7,8)26(13,14)20(22(4,5)6,27(15,16)24(19,9)10)28(17,18)25(19,11)12/h1-18H3. The van der Waals surface area contributed by atoms with Gasteiger partial charge in [-0.2, -0.15) is 0 Å². The lowest BCUT2D eigenvalue weighted by Gasteiger charge is -2.93. The maximum atomic E-state index is 3.00. The second kappa shape index (κ2) is 5.80. The molecular formula is C20H54Si8. The van der Waals surface area contributed by atoms with Crippen molar-refractivity contribution in [2.24, 2.45) is 0 Å². The first-order valence-electron chi connectivity index (χ1n) is 11.8. The lowest BCUT2D eigenvalue weighted by molar-refractivity contribution is 1.09. The molecule has 0 atom stereocenters. The van der Waals surface area contributed by atoms with Crippen LogP contribution in [-0.2, 0) is 0 Å². The van der Waals surface area contributed by atoms with Crippen LogP contribution in [-0.4, -0.2) is 61.7 Å². The van der Waals surface area contributed by atoms with Gasteiger partial charge >= 0.3 is 0 Å². The van der Waals surface area contributed by atoms with Crippen LogP contribution in [0.5, 0.6) is 0 Å². The number of hydrogen-bond acceptors (Lipinski definition) is 0. The van der Waals surface area contributed by atoms with E-state index >= 15 is 0 Å². The number of hydrogen-bond donors (Lipinski definition) is 0. The zero-order valence-electron chi connectivity index (χ0n) is 23.0. The molecule has 3 fully saturated rings. The van der Waals surface area contributed by atoms with E-state index < -0.39 is 61.7 Å². The van der Waals surface area contributed by atoms with Crippen LogP contribution in [0.15, 0.2) is 0 Å². The molecule has 0 radical (unpaired) electrons. The molecule has 0 aromatic heterocycles. The topological polar surface area (TPSA) is 0 Å². The van der Waals surface area contributed by atoms with E-state index in [0.717, 1.165) is 7.82 Å². The summed E-state index contributed by atoms with van der Waals surface area (Å²) in [7, 11) is -11.0. The maximum absolute atomic E-state index is 3.00. The van der Waals surface area contributed by atoms with Crippen LogP contribution in [0, 0.1) is 0 Å². The Hall–Kier alpha value is 1.74. The number of fused-ring (bicyclic) bond motifs is 3. The van der Waals surface area contributed by atoms with Crippen molar-refractivity contribution in [2.75, 3.05) is 0 Å². The molecule has 0 N–H and O–H groups in total. The summed E-state index contributed by atoms with van der Waals surface area (Å²) in [5, 5.41) is 0. The van der Waals surface area contributed by atoms with Gasteiger partial charge in [0.25, 0.3) is 0 Å². The summed E-state index contributed by atoms with van der Waals surface area (Å²) in [6.45, 7) is 53.2. The van der Waals surface area contributed by atoms with Gasteiger partial charge in [-0.3, -0.25) is 0 Å². The molecule has 3 aliphatic heterocycles. The monoisotopic (exact) mass is 518 g/mol. The fourth-order valence-electron chi connectivity index (χ4n) is 13.1. The summed E-state index contributed by atoms with van der Waals surface area (Å²) in [6.07, 6.45) is 0. The van der Waals surface area contributed by atoms with Crippen LogP contribution in [0.25, 0.3) is 0 Å². The summed E-state index contributed by atoms with van der Waals surface area (Å²) >= 11 is 0. The van der Waals surface area contributed by atoms with E-state index in [2.05, 4.69) is 118 Å². The van der Waals surface area contributed by atoms with Crippen molar-refractivity contribution in [1.82, 2.24) is 0 Å². The average Bonchev–Trinajstić information content (AvgIpc) is 2.30. The van der Waals surface area contributed by atoms with Crippen molar-refractivity contribution in [2.45, 2.75) is 126 Å². The molecule has 166 valence electrons. The molecule has 0 amide bonds. The largest absolute Gasteiger partial charge is 0.0715 e. The van der Waals surface area contributed by atoms with Crippen molar-refractivity contribution >= 4 is 61.7 Å². The third-order valence-corrected chi connectivity index (χ3v) is 133. The lowest BCUT2D eigenvalue weighted by Crippen LogP contribution is -3.08. The highest BCUT2D eigenvalue weighted by atomic mass is 29.4. The van der Waals surface area contributed by atoms with Gasteiger partial charge in [0.15, 0.2) is 0 Å². The van der Waals surface area contributed by atoms with E-state index in [4.69, 9.17) is 0 Å². The van der Waals surface area contributed by atoms with Crippen LogP contribution in [0.2, 0.25) is 126 Å². The molecule has 3 rings (SSSR count). The molecular weight excluding hydrogens is 465 g/mol. The van der Waals surface area contributed by atoms with Gasteiger partial charge in [-0.15, -0.1) is 0 Å². The predicted molar refractivity (Wildman–Crippen MR) is 157 cm³/mol. The minimum absolute atomic E-state index is 0.919. The Labute approximate surface area is 186 Å². The molecule has 8 heteroatoms. The Morgan fingerprint density at radius 2 is 0.429 bits per heavy atom. The normalized spacial score (nSPS) is 39.6. The van der Waals surface area contributed by atoms with Crippen molar-refractivity contribution in [3.63, 3.8) is 0 Å². The molecule has 0 aromatic carbocycles. The first kappa shape index (κ1) is 26.0. The summed E-state index contributed by atoms with van der Waals surface area (Å²) in [6, 6.07) is 0. The highest BCUT2D eigenvalue weighted by Crippen LogP contribution is 2.83. The van der Waals surface area contributed by atoms with E-state index in [1.165, 1.54) is 0 Å². The molecule has 3 saturated heterocycles. The SMILES string of the molecule is C[Si](C)(C)C12[Si](C)(C)[Si](C)(C)C([Si](C)(C)C)([Si](C)(C)[Si]1(C)C)[Si](C)(C)[Si]2(C)C. The van der Waals surface area contributed by atoms with Gasteiger partial charge in [-0.1, -0.05) is 126 Å². The maximum Gasteiger partial charge on any atom is 0.0419 e. The molecule has 28 heavy (non-hydrogen) atoms. The molecule has 3 heterocycles. The van der Waals surface area contributed by atoms with Gasteiger partial charge in [0.1, 0.15) is 0 Å². The van der Waals surface area contributed by atoms with E-state index in [9.17, 15) is 0 Å². The quantitative estimate of drug-likeness (QED) is 0.326. The van der Waals surface area contributed by atoms with Crippen LogP contribution in [0.1, 0.15) is 0 Å². The molecule has 2 bridgehead atoms. The molecule has 0 saturated carbocycles. The summed E-state index contributed by atoms with van der Waals surface area (Å²) < 4.78 is 1.84. The van der Waals surface area contributed by atoms with E-state index in [-0.39, 0.29) is 0 Å². The smallest absolute Gasteiger partial charge is 0.0419 e. The Morgan fingerprint density at radius 3 is 0.500 bits per heavy atom. The summed E-state index contributed by atoms with van der Waals surface area (Å²) in [5.41, 5.74) is 0. The fraction of sp³-hybridized carbons (Fsp3) is 1.00. The first-order chi connectivity index (χ1) is 11.8. The Kier molecular flexibility index (Phi) is 5.38. The van der Waals surface area contributed by atoms with Gasteiger partial charge in [0, 0.05) is 61.7 Å². The Balaban J connectivity index is 3.39. The van der Waals surface area contributed by atoms with Crippen LogP contribution < -0.4 is 0 Å². The average molecular weight is 519 g/mol.